The van der Waals surface area contributed by atoms with E-state index in [4.69, 9.17) is 9.47 Å². The fraction of sp³-hybridized carbons (Fsp3) is 0.452. The molecule has 2 aromatic carbocycles. The summed E-state index contributed by atoms with van der Waals surface area (Å²) in [5, 5.41) is 10.7. The first-order valence-electron chi connectivity index (χ1n) is 19.8. The summed E-state index contributed by atoms with van der Waals surface area (Å²) in [6.45, 7) is 12.0. The minimum atomic E-state index is -0.934. The Balaban J connectivity index is 0.000000387. The van der Waals surface area contributed by atoms with Crippen molar-refractivity contribution in [1.82, 2.24) is 37.4 Å². The number of hydrogen-bond acceptors (Lipinski definition) is 12. The molecular formula is C42H53BBr2LiN8O8S2. The van der Waals surface area contributed by atoms with Gasteiger partial charge in [0, 0.05) is 63.5 Å². The number of rotatable bonds is 11. The number of esters is 1. The molecule has 5 heterocycles. The van der Waals surface area contributed by atoms with E-state index in [2.05, 4.69) is 41.8 Å². The maximum atomic E-state index is 13.0. The summed E-state index contributed by atoms with van der Waals surface area (Å²) in [6, 6.07) is 15.5. The van der Waals surface area contributed by atoms with Gasteiger partial charge in [0.25, 0.3) is 11.1 Å². The zero-order valence-electron chi connectivity index (χ0n) is 38.8. The van der Waals surface area contributed by atoms with Crippen LogP contribution in [0.3, 0.4) is 0 Å². The Morgan fingerprint density at radius 2 is 1.19 bits per heavy atom. The van der Waals surface area contributed by atoms with Crippen LogP contribution in [-0.2, 0) is 55.5 Å². The minimum absolute atomic E-state index is 0. The molecule has 1 aliphatic heterocycles. The van der Waals surface area contributed by atoms with Gasteiger partial charge in [-0.05, 0) is 82.9 Å². The van der Waals surface area contributed by atoms with Crippen LogP contribution in [0.25, 0.3) is 22.3 Å². The van der Waals surface area contributed by atoms with E-state index in [0.29, 0.717) is 40.1 Å². The van der Waals surface area contributed by atoms with Crippen molar-refractivity contribution >= 4 is 92.1 Å². The molecule has 0 atom stereocenters. The van der Waals surface area contributed by atoms with Gasteiger partial charge in [-0.2, -0.15) is 0 Å². The second-order valence-corrected chi connectivity index (χ2v) is 20.7. The minimum Gasteiger partial charge on any atom is -1.00 e. The van der Waals surface area contributed by atoms with Crippen molar-refractivity contribution in [2.75, 3.05) is 26.4 Å². The normalized spacial score (nSPS) is 12.5. The third-order valence-electron chi connectivity index (χ3n) is 9.77. The number of aromatic nitrogens is 8. The Bertz CT molecular complexity index is 2850. The van der Waals surface area contributed by atoms with E-state index in [1.54, 1.807) is 39.4 Å². The molecule has 6 aromatic rings. The van der Waals surface area contributed by atoms with Crippen LogP contribution in [0.5, 0.6) is 0 Å². The number of nitrogens with zero attached hydrogens (tertiary/aromatic N) is 8. The smallest absolute Gasteiger partial charge is 1.00 e. The summed E-state index contributed by atoms with van der Waals surface area (Å²) in [7, 11) is 6.08. The maximum Gasteiger partial charge on any atom is 1.00 e. The number of imidazole rings is 2. The monoisotopic (exact) mass is 1040 g/mol. The Morgan fingerprint density at radius 3 is 1.55 bits per heavy atom. The summed E-state index contributed by atoms with van der Waals surface area (Å²) >= 11 is 9.51. The van der Waals surface area contributed by atoms with E-state index in [0.717, 1.165) is 42.4 Å². The predicted molar refractivity (Wildman–Crippen MR) is 257 cm³/mol. The summed E-state index contributed by atoms with van der Waals surface area (Å²) in [5.74, 6) is -0.377. The van der Waals surface area contributed by atoms with Gasteiger partial charge < -0.3 is 25.1 Å². The van der Waals surface area contributed by atoms with Crippen LogP contribution in [0.4, 0.5) is 0 Å². The Morgan fingerprint density at radius 1 is 0.766 bits per heavy atom. The number of fused-ring (bicyclic) bond motifs is 2. The number of hydrogen-bond donors (Lipinski definition) is 1. The van der Waals surface area contributed by atoms with Crippen molar-refractivity contribution in [2.45, 2.75) is 80.4 Å². The van der Waals surface area contributed by atoms with Gasteiger partial charge in [0.15, 0.2) is 32.6 Å². The fourth-order valence-electron chi connectivity index (χ4n) is 6.30. The second-order valence-electron chi connectivity index (χ2n) is 15.6. The summed E-state index contributed by atoms with van der Waals surface area (Å²) < 4.78 is 19.0. The maximum absolute atomic E-state index is 13.0. The largest absolute Gasteiger partial charge is 1.00 e. The molecule has 1 fully saturated rings. The van der Waals surface area contributed by atoms with E-state index < -0.39 is 26.4 Å². The van der Waals surface area contributed by atoms with Gasteiger partial charge in [0.2, 0.25) is 0 Å². The molecule has 3 radical (unpaired) electrons. The Labute approximate surface area is 411 Å². The van der Waals surface area contributed by atoms with Crippen LogP contribution in [0, 0.1) is 0 Å². The molecule has 16 nitrogen and oxygen atoms in total. The van der Waals surface area contributed by atoms with Gasteiger partial charge in [-0.25, -0.2) is 19.6 Å². The Hall–Kier alpha value is -3.55. The molecule has 0 amide bonds. The van der Waals surface area contributed by atoms with Gasteiger partial charge in [0.05, 0.1) is 26.3 Å². The van der Waals surface area contributed by atoms with Gasteiger partial charge >= 0.3 is 36.2 Å². The number of halogens is 2. The number of carbonyl (C=O) groups is 1. The summed E-state index contributed by atoms with van der Waals surface area (Å²) in [6.07, 6.45) is 2.56. The third-order valence-corrected chi connectivity index (χ3v) is 13.1. The summed E-state index contributed by atoms with van der Waals surface area (Å²) in [5.41, 5.74) is 1.53. The second kappa shape index (κ2) is 23.3. The molecule has 1 saturated heterocycles. The summed E-state index contributed by atoms with van der Waals surface area (Å²) in [4.78, 5) is 72.1. The number of thioether (sulfide) groups is 2. The topological polar surface area (TPSA) is 179 Å². The van der Waals surface area contributed by atoms with Gasteiger partial charge in [-0.15, -0.1) is 0 Å². The molecule has 7 rings (SSSR count). The standard InChI is InChI=1S/C20H23BrN4O4S.C18H21BrN4O3S.C4H8O.B.Li.H/c1-6-29-17(27)20(2,3)30-18-22-15-14(16(26)24(5)19(28)23(15)4)25(18)11-12-8-7-9-13(21)10-12;1-18(2,10-24)27-16-20-14-13(15(25)22(4)17(26)21(14)3)23(16)9-11-6-5-7-12(19)8-11;1-2-4-5-3-1;;;/h7-10H,6,11H2,1-5H3;5-8,24H,9-10H2,1-4H3;1-4H2;;;/q;;;;+1;-1. The van der Waals surface area contributed by atoms with Crippen molar-refractivity contribution in [3.8, 4) is 0 Å². The molecule has 1 N–H and O–H groups in total. The quantitative estimate of drug-likeness (QED) is 0.114. The predicted octanol–water partition coefficient (Wildman–Crippen LogP) is 2.32. The van der Waals surface area contributed by atoms with Crippen LogP contribution in [-0.4, -0.2) is 92.8 Å². The van der Waals surface area contributed by atoms with Crippen LogP contribution in [0.2, 0.25) is 0 Å². The van der Waals surface area contributed by atoms with Crippen LogP contribution < -0.4 is 41.4 Å². The van der Waals surface area contributed by atoms with Crippen molar-refractivity contribution in [3.05, 3.63) is 110 Å². The molecule has 0 saturated carbocycles. The first-order chi connectivity index (χ1) is 29.2. The van der Waals surface area contributed by atoms with Crippen LogP contribution in [0.15, 0.2) is 87.0 Å². The number of carbonyl (C=O) groups excluding carboxylic acids is 1. The van der Waals surface area contributed by atoms with E-state index in [1.807, 2.05) is 66.9 Å². The first kappa shape index (κ1) is 54.8. The molecular weight excluding hydrogens is 986 g/mol. The molecule has 22 heteroatoms. The molecule has 0 spiro atoms. The Kier molecular flexibility index (Phi) is 19.9. The van der Waals surface area contributed by atoms with E-state index in [9.17, 15) is 29.1 Å². The van der Waals surface area contributed by atoms with Crippen molar-refractivity contribution in [1.29, 1.82) is 0 Å². The van der Waals surface area contributed by atoms with Crippen molar-refractivity contribution in [3.63, 3.8) is 0 Å². The molecule has 0 aliphatic carbocycles. The molecule has 1 aliphatic rings. The van der Waals surface area contributed by atoms with Gasteiger partial charge in [-0.3, -0.25) is 32.7 Å². The van der Waals surface area contributed by atoms with E-state index >= 15 is 0 Å². The zero-order valence-corrected chi connectivity index (χ0v) is 42.6. The van der Waals surface area contributed by atoms with Crippen molar-refractivity contribution < 1.29 is 39.7 Å². The molecule has 64 heavy (non-hydrogen) atoms. The molecule has 0 bridgehead atoms. The zero-order chi connectivity index (χ0) is 45.7. The average Bonchev–Trinajstić information content (AvgIpc) is 4.00. The fourth-order valence-corrected chi connectivity index (χ4v) is 9.15. The number of aliphatic hydroxyl groups is 1. The van der Waals surface area contributed by atoms with Gasteiger partial charge in [0.1, 0.15) is 4.75 Å². The third kappa shape index (κ3) is 12.7. The number of benzene rings is 2. The number of ether oxygens (including phenoxy) is 2. The van der Waals surface area contributed by atoms with E-state index in [-0.39, 0.29) is 59.1 Å². The SMILES string of the molecule is C1CCOC1.CCOC(=O)C(C)(C)Sc1nc2c(c(=O)n(C)c(=O)n2C)n1Cc1cccc(Br)c1.Cn1c(=O)c2c(nc(SC(C)(C)CO)n2Cc2cccc(Br)c2)n(C)c1=O.[B].[H-].[Li+]. The van der Waals surface area contributed by atoms with Crippen LogP contribution in [0.1, 0.15) is 60.0 Å². The molecule has 0 unspecified atom stereocenters. The van der Waals surface area contributed by atoms with Crippen molar-refractivity contribution in [2.24, 2.45) is 28.2 Å². The number of aliphatic hydroxyl groups excluding tert-OH is 1. The number of aryl methyl sites for hydroxylation is 2. The van der Waals surface area contributed by atoms with E-state index in [1.165, 1.54) is 59.6 Å². The molecule has 339 valence electrons. The van der Waals surface area contributed by atoms with Gasteiger partial charge in [-0.1, -0.05) is 79.6 Å². The van der Waals surface area contributed by atoms with Crippen LogP contribution >= 0.6 is 55.4 Å². The average molecular weight is 1040 g/mol. The molecule has 4 aromatic heterocycles. The first-order valence-corrected chi connectivity index (χ1v) is 23.0.